The highest BCUT2D eigenvalue weighted by Gasteiger charge is 2.23. The summed E-state index contributed by atoms with van der Waals surface area (Å²) in [7, 11) is 0. The number of benzene rings is 12. The third kappa shape index (κ3) is 7.36. The van der Waals surface area contributed by atoms with Crippen LogP contribution in [0.4, 0.5) is 0 Å². The summed E-state index contributed by atoms with van der Waals surface area (Å²) in [4.78, 5) is 16.4. The van der Waals surface area contributed by atoms with Crippen molar-refractivity contribution in [1.82, 2.24) is 33.2 Å². The lowest BCUT2D eigenvalue weighted by molar-refractivity contribution is 0.893. The Bertz CT molecular complexity index is 5270. The number of hydrogen-bond donors (Lipinski definition) is 0. The van der Waals surface area contributed by atoms with Crippen molar-refractivity contribution in [2.45, 2.75) is 0 Å². The molecule has 12 aromatic carbocycles. The molecule has 0 bridgehead atoms. The van der Waals surface area contributed by atoms with Crippen molar-refractivity contribution in [1.29, 1.82) is 5.26 Å². The first kappa shape index (κ1) is 47.2. The summed E-state index contributed by atoms with van der Waals surface area (Å²) in [6, 6.07) is 101. The SMILES string of the molecule is N#Cc1cccc(-c2ccc(-c3nc(-n4c5ccccc5c5cc(-c6ccc7c(c6)c6ccccc6n7-c6ccccc6)ccc54)nc(-n4c5ccccc5c5cc(-c6ccc7c(c6)c6ccccc6n7-c6ccccc6)ccc54)n3)cc2)c1. The van der Waals surface area contributed by atoms with E-state index in [4.69, 9.17) is 15.0 Å². The van der Waals surface area contributed by atoms with E-state index < -0.39 is 0 Å². The van der Waals surface area contributed by atoms with Gasteiger partial charge in [0.1, 0.15) is 0 Å². The fourth-order valence-corrected chi connectivity index (χ4v) is 13.0. The van der Waals surface area contributed by atoms with Crippen molar-refractivity contribution >= 4 is 87.2 Å². The minimum Gasteiger partial charge on any atom is -0.309 e. The molecule has 0 fully saturated rings. The summed E-state index contributed by atoms with van der Waals surface area (Å²) in [6.45, 7) is 0. The molecule has 8 heteroatoms. The Kier molecular flexibility index (Phi) is 10.5. The number of hydrogen-bond acceptors (Lipinski definition) is 4. The molecule has 0 aliphatic heterocycles. The molecule has 0 spiro atoms. The van der Waals surface area contributed by atoms with Gasteiger partial charge in [-0.1, -0.05) is 170 Å². The Morgan fingerprint density at radius 1 is 0.238 bits per heavy atom. The van der Waals surface area contributed by atoms with Gasteiger partial charge in [0.25, 0.3) is 0 Å². The highest BCUT2D eigenvalue weighted by molar-refractivity contribution is 6.15. The van der Waals surface area contributed by atoms with Gasteiger partial charge in [-0.2, -0.15) is 20.2 Å². The van der Waals surface area contributed by atoms with Crippen LogP contribution >= 0.6 is 0 Å². The maximum atomic E-state index is 9.73. The molecule has 84 heavy (non-hydrogen) atoms. The van der Waals surface area contributed by atoms with Gasteiger partial charge in [-0.05, 0) is 143 Å². The molecule has 0 atom stereocenters. The van der Waals surface area contributed by atoms with Gasteiger partial charge in [-0.15, -0.1) is 0 Å². The average molecular weight is 1070 g/mol. The van der Waals surface area contributed by atoms with E-state index >= 15 is 0 Å². The first-order valence-electron chi connectivity index (χ1n) is 28.2. The van der Waals surface area contributed by atoms with Crippen LogP contribution in [0.2, 0.25) is 0 Å². The molecular formula is C76H46N8. The number of fused-ring (bicyclic) bond motifs is 12. The van der Waals surface area contributed by atoms with Crippen molar-refractivity contribution in [3.8, 4) is 74.1 Å². The predicted octanol–water partition coefficient (Wildman–Crippen LogP) is 18.8. The molecule has 0 unspecified atom stereocenters. The van der Waals surface area contributed by atoms with Crippen LogP contribution in [0, 0.1) is 11.3 Å². The Balaban J connectivity index is 0.840. The van der Waals surface area contributed by atoms with Gasteiger partial charge in [0, 0.05) is 60.0 Å². The number of nitriles is 1. The van der Waals surface area contributed by atoms with Crippen molar-refractivity contribution in [3.63, 3.8) is 0 Å². The van der Waals surface area contributed by atoms with Gasteiger partial charge in [0.2, 0.25) is 11.9 Å². The van der Waals surface area contributed by atoms with Gasteiger partial charge in [0.15, 0.2) is 5.82 Å². The third-order valence-corrected chi connectivity index (χ3v) is 16.9. The highest BCUT2D eigenvalue weighted by atomic mass is 15.3. The molecule has 0 amide bonds. The van der Waals surface area contributed by atoms with Crippen LogP contribution in [0.5, 0.6) is 0 Å². The zero-order valence-corrected chi connectivity index (χ0v) is 45.1. The van der Waals surface area contributed by atoms with E-state index in [1.54, 1.807) is 0 Å². The Morgan fingerprint density at radius 3 is 0.964 bits per heavy atom. The minimum absolute atomic E-state index is 0.500. The fourth-order valence-electron chi connectivity index (χ4n) is 13.0. The van der Waals surface area contributed by atoms with E-state index in [0.717, 1.165) is 93.9 Å². The van der Waals surface area contributed by atoms with Crippen LogP contribution in [-0.2, 0) is 0 Å². The lowest BCUT2D eigenvalue weighted by Gasteiger charge is -2.13. The van der Waals surface area contributed by atoms with Crippen LogP contribution in [0.1, 0.15) is 5.56 Å². The van der Waals surface area contributed by atoms with Gasteiger partial charge < -0.3 is 9.13 Å². The van der Waals surface area contributed by atoms with Crippen LogP contribution in [0.15, 0.2) is 279 Å². The molecule has 390 valence electrons. The maximum Gasteiger partial charge on any atom is 0.240 e. The molecule has 17 aromatic rings. The van der Waals surface area contributed by atoms with Gasteiger partial charge in [0.05, 0.1) is 55.8 Å². The van der Waals surface area contributed by atoms with E-state index in [9.17, 15) is 5.26 Å². The highest BCUT2D eigenvalue weighted by Crippen LogP contribution is 2.41. The monoisotopic (exact) mass is 1070 g/mol. The summed E-state index contributed by atoms with van der Waals surface area (Å²) < 4.78 is 9.10. The fraction of sp³-hybridized carbons (Fsp3) is 0. The number of aromatic nitrogens is 7. The Morgan fingerprint density at radius 2 is 0.560 bits per heavy atom. The molecule has 5 aromatic heterocycles. The summed E-state index contributed by atoms with van der Waals surface area (Å²) in [6.07, 6.45) is 0. The van der Waals surface area contributed by atoms with Gasteiger partial charge >= 0.3 is 0 Å². The lowest BCUT2D eigenvalue weighted by Crippen LogP contribution is -2.10. The van der Waals surface area contributed by atoms with Gasteiger partial charge in [-0.25, -0.2) is 0 Å². The van der Waals surface area contributed by atoms with E-state index in [-0.39, 0.29) is 0 Å². The van der Waals surface area contributed by atoms with E-state index in [0.29, 0.717) is 23.3 Å². The molecule has 8 nitrogen and oxygen atoms in total. The standard InChI is InChI=1S/C76H46N8/c77-47-48-16-15-17-51(42-48)49-30-32-50(33-31-49)74-78-75(83-68-28-13-9-24-60(68)64-45-54(36-40-72(64)83)52-34-38-70-62(43-52)58-22-7-11-26-66(58)81(70)56-18-3-1-4-19-56)80-76(79-74)84-69-29-14-10-25-61(69)65-46-55(37-41-73(65)84)53-35-39-71-63(44-53)59-23-8-12-27-67(59)82(71)57-20-5-2-6-21-57/h1-46H. The molecule has 0 radical (unpaired) electrons. The average Bonchev–Trinajstić information content (AvgIpc) is 2.90. The Labute approximate surface area is 481 Å². The van der Waals surface area contributed by atoms with Crippen molar-refractivity contribution in [3.05, 3.63) is 285 Å². The second-order valence-corrected chi connectivity index (χ2v) is 21.5. The van der Waals surface area contributed by atoms with E-state index in [1.807, 2.05) is 24.3 Å². The molecule has 0 aliphatic carbocycles. The molecule has 0 saturated carbocycles. The number of rotatable bonds is 8. The van der Waals surface area contributed by atoms with Crippen molar-refractivity contribution in [2.75, 3.05) is 0 Å². The zero-order chi connectivity index (χ0) is 55.4. The van der Waals surface area contributed by atoms with Crippen LogP contribution in [-0.4, -0.2) is 33.2 Å². The Hall–Kier alpha value is -11.7. The molecular weight excluding hydrogens is 1020 g/mol. The largest absolute Gasteiger partial charge is 0.309 e. The third-order valence-electron chi connectivity index (χ3n) is 16.9. The van der Waals surface area contributed by atoms with Crippen LogP contribution in [0.25, 0.3) is 155 Å². The first-order chi connectivity index (χ1) is 41.6. The van der Waals surface area contributed by atoms with Crippen molar-refractivity contribution in [2.24, 2.45) is 0 Å². The van der Waals surface area contributed by atoms with E-state index in [1.165, 1.54) is 43.6 Å². The van der Waals surface area contributed by atoms with Crippen molar-refractivity contribution < 1.29 is 0 Å². The maximum absolute atomic E-state index is 9.73. The quantitative estimate of drug-likeness (QED) is 0.152. The normalized spacial score (nSPS) is 11.8. The molecule has 0 saturated heterocycles. The zero-order valence-electron chi connectivity index (χ0n) is 45.1. The van der Waals surface area contributed by atoms with Crippen LogP contribution in [0.3, 0.4) is 0 Å². The minimum atomic E-state index is 0.500. The van der Waals surface area contributed by atoms with Crippen LogP contribution < -0.4 is 0 Å². The predicted molar refractivity (Wildman–Crippen MR) is 344 cm³/mol. The molecule has 0 N–H and O–H groups in total. The second-order valence-electron chi connectivity index (χ2n) is 21.5. The smallest absolute Gasteiger partial charge is 0.240 e. The number of nitrogens with zero attached hydrogens (tertiary/aromatic N) is 8. The first-order valence-corrected chi connectivity index (χ1v) is 28.2. The summed E-state index contributed by atoms with van der Waals surface area (Å²) in [5, 5.41) is 18.9. The topological polar surface area (TPSA) is 82.2 Å². The summed E-state index contributed by atoms with van der Waals surface area (Å²) in [5.74, 6) is 1.53. The van der Waals surface area contributed by atoms with Gasteiger partial charge in [-0.3, -0.25) is 9.13 Å². The second kappa shape index (κ2) is 18.7. The molecule has 5 heterocycles. The number of para-hydroxylation sites is 6. The molecule has 17 rings (SSSR count). The van der Waals surface area contributed by atoms with E-state index in [2.05, 4.69) is 279 Å². The lowest BCUT2D eigenvalue weighted by atomic mass is 10.0. The summed E-state index contributed by atoms with van der Waals surface area (Å²) >= 11 is 0. The summed E-state index contributed by atoms with van der Waals surface area (Å²) in [5.41, 5.74) is 18.8. The molecule has 0 aliphatic rings.